The van der Waals surface area contributed by atoms with Crippen molar-refractivity contribution in [2.75, 3.05) is 5.73 Å². The summed E-state index contributed by atoms with van der Waals surface area (Å²) in [6, 6.07) is 16.5. The van der Waals surface area contributed by atoms with E-state index in [1.807, 2.05) is 25.1 Å². The third kappa shape index (κ3) is 6.16. The van der Waals surface area contributed by atoms with Crippen LogP contribution in [0, 0.1) is 5.92 Å². The molecule has 4 rings (SSSR count). The molecular formula is C30H37N5O2. The second kappa shape index (κ2) is 12.0. The monoisotopic (exact) mass is 499 g/mol. The predicted molar refractivity (Wildman–Crippen MR) is 149 cm³/mol. The van der Waals surface area contributed by atoms with Gasteiger partial charge in [-0.2, -0.15) is 0 Å². The van der Waals surface area contributed by atoms with E-state index in [-0.39, 0.29) is 17.6 Å². The van der Waals surface area contributed by atoms with Gasteiger partial charge in [-0.05, 0) is 42.9 Å². The zero-order chi connectivity index (χ0) is 26.4. The van der Waals surface area contributed by atoms with Crippen molar-refractivity contribution >= 4 is 39.4 Å². The number of nitrogen functional groups attached to an aromatic ring is 1. The highest BCUT2D eigenvalue weighted by Gasteiger charge is 2.18. The van der Waals surface area contributed by atoms with Crippen molar-refractivity contribution in [2.24, 2.45) is 11.7 Å². The molecule has 4 N–H and O–H groups in total. The summed E-state index contributed by atoms with van der Waals surface area (Å²) in [4.78, 5) is 33.2. The number of carbonyl (C=O) groups excluding carboxylic acids is 2. The van der Waals surface area contributed by atoms with Crippen LogP contribution in [0.2, 0.25) is 0 Å². The summed E-state index contributed by atoms with van der Waals surface area (Å²) in [5, 5.41) is 1.05. The number of para-hydroxylation sites is 1. The summed E-state index contributed by atoms with van der Waals surface area (Å²) in [6.45, 7) is 4.80. The van der Waals surface area contributed by atoms with Gasteiger partial charge in [-0.3, -0.25) is 9.59 Å². The van der Waals surface area contributed by atoms with Gasteiger partial charge in [0, 0.05) is 37.1 Å². The molecule has 0 bridgehead atoms. The lowest BCUT2D eigenvalue weighted by Crippen LogP contribution is -2.23. The van der Waals surface area contributed by atoms with E-state index in [9.17, 15) is 9.59 Å². The van der Waals surface area contributed by atoms with Crippen molar-refractivity contribution in [3.8, 4) is 0 Å². The molecule has 0 spiro atoms. The Labute approximate surface area is 218 Å². The van der Waals surface area contributed by atoms with E-state index >= 15 is 0 Å². The first kappa shape index (κ1) is 26.3. The SMILES string of the molecule is CCCCc1nc2c(N)nc3ccccc3c2n1Cc1ccc(CCC(=O)CC[C@H](CC)C(N)=O)cc1. The summed E-state index contributed by atoms with van der Waals surface area (Å²) in [5.41, 5.74) is 16.7. The summed E-state index contributed by atoms with van der Waals surface area (Å²) in [5.74, 6) is 1.13. The number of hydrogen-bond donors (Lipinski definition) is 2. The van der Waals surface area contributed by atoms with E-state index in [4.69, 9.17) is 16.5 Å². The Kier molecular flexibility index (Phi) is 8.54. The average Bonchev–Trinajstić information content (AvgIpc) is 3.26. The van der Waals surface area contributed by atoms with Crippen molar-refractivity contribution in [3.05, 3.63) is 65.5 Å². The lowest BCUT2D eigenvalue weighted by molar-refractivity contribution is -0.123. The molecule has 1 amide bonds. The van der Waals surface area contributed by atoms with Crippen molar-refractivity contribution in [3.63, 3.8) is 0 Å². The molecule has 0 aliphatic rings. The maximum atomic E-state index is 12.3. The minimum absolute atomic E-state index is 0.173. The average molecular weight is 500 g/mol. The van der Waals surface area contributed by atoms with Crippen molar-refractivity contribution in [2.45, 2.75) is 71.8 Å². The Bertz CT molecular complexity index is 1390. The van der Waals surface area contributed by atoms with Crippen LogP contribution in [0.15, 0.2) is 48.5 Å². The number of pyridine rings is 1. The number of aromatic nitrogens is 3. The third-order valence-corrected chi connectivity index (χ3v) is 7.17. The van der Waals surface area contributed by atoms with E-state index in [2.05, 4.69) is 46.8 Å². The number of carbonyl (C=O) groups is 2. The predicted octanol–water partition coefficient (Wildman–Crippen LogP) is 5.35. The zero-order valence-electron chi connectivity index (χ0n) is 21.9. The number of benzene rings is 2. The van der Waals surface area contributed by atoms with E-state index in [1.165, 1.54) is 5.56 Å². The maximum Gasteiger partial charge on any atom is 0.220 e. The van der Waals surface area contributed by atoms with Gasteiger partial charge in [0.1, 0.15) is 17.1 Å². The normalized spacial score (nSPS) is 12.3. The lowest BCUT2D eigenvalue weighted by Gasteiger charge is -2.12. The highest BCUT2D eigenvalue weighted by molar-refractivity contribution is 6.06. The molecule has 0 radical (unpaired) electrons. The third-order valence-electron chi connectivity index (χ3n) is 7.17. The van der Waals surface area contributed by atoms with Gasteiger partial charge in [-0.1, -0.05) is 62.7 Å². The molecule has 0 aliphatic heterocycles. The van der Waals surface area contributed by atoms with Crippen LogP contribution in [-0.4, -0.2) is 26.2 Å². The zero-order valence-corrected chi connectivity index (χ0v) is 21.9. The van der Waals surface area contributed by atoms with Crippen molar-refractivity contribution in [1.29, 1.82) is 0 Å². The molecule has 0 fully saturated rings. The van der Waals surface area contributed by atoms with Crippen LogP contribution in [0.25, 0.3) is 21.9 Å². The van der Waals surface area contributed by atoms with Crippen LogP contribution in [0.1, 0.15) is 69.3 Å². The summed E-state index contributed by atoms with van der Waals surface area (Å²) < 4.78 is 2.28. The number of rotatable bonds is 13. The van der Waals surface area contributed by atoms with Gasteiger partial charge < -0.3 is 16.0 Å². The van der Waals surface area contributed by atoms with Crippen LogP contribution in [0.3, 0.4) is 0 Å². The first-order valence-corrected chi connectivity index (χ1v) is 13.3. The number of Topliss-reactive ketones (excluding diaryl/α,β-unsaturated/α-hetero) is 1. The van der Waals surface area contributed by atoms with Crippen molar-refractivity contribution < 1.29 is 9.59 Å². The number of primary amides is 1. The first-order valence-electron chi connectivity index (χ1n) is 13.3. The molecular weight excluding hydrogens is 462 g/mol. The Morgan fingerprint density at radius 1 is 0.946 bits per heavy atom. The largest absolute Gasteiger partial charge is 0.382 e. The molecule has 0 saturated carbocycles. The van der Waals surface area contributed by atoms with Crippen molar-refractivity contribution in [1.82, 2.24) is 14.5 Å². The highest BCUT2D eigenvalue weighted by atomic mass is 16.1. The smallest absolute Gasteiger partial charge is 0.220 e. The lowest BCUT2D eigenvalue weighted by atomic mass is 9.96. The number of anilines is 1. The minimum Gasteiger partial charge on any atom is -0.382 e. The van der Waals surface area contributed by atoms with Crippen LogP contribution in [0.4, 0.5) is 5.82 Å². The van der Waals surface area contributed by atoms with Gasteiger partial charge in [-0.15, -0.1) is 0 Å². The van der Waals surface area contributed by atoms with Gasteiger partial charge in [-0.25, -0.2) is 9.97 Å². The first-order chi connectivity index (χ1) is 17.9. The fourth-order valence-electron chi connectivity index (χ4n) is 4.89. The molecule has 7 heteroatoms. The van der Waals surface area contributed by atoms with Gasteiger partial charge in [0.2, 0.25) is 5.91 Å². The molecule has 0 unspecified atom stereocenters. The molecule has 2 aromatic heterocycles. The Hall–Kier alpha value is -3.74. The number of hydrogen-bond acceptors (Lipinski definition) is 5. The number of amides is 1. The second-order valence-corrected chi connectivity index (χ2v) is 9.83. The van der Waals surface area contributed by atoms with Gasteiger partial charge in [0.25, 0.3) is 0 Å². The Balaban J connectivity index is 1.51. The summed E-state index contributed by atoms with van der Waals surface area (Å²) in [6.07, 6.45) is 5.81. The number of ketones is 1. The highest BCUT2D eigenvalue weighted by Crippen LogP contribution is 2.30. The van der Waals surface area contributed by atoms with E-state index in [0.29, 0.717) is 44.5 Å². The van der Waals surface area contributed by atoms with Crippen LogP contribution < -0.4 is 11.5 Å². The van der Waals surface area contributed by atoms with Gasteiger partial charge in [0.15, 0.2) is 5.82 Å². The Morgan fingerprint density at radius 3 is 2.38 bits per heavy atom. The van der Waals surface area contributed by atoms with E-state index < -0.39 is 0 Å². The number of aryl methyl sites for hydroxylation is 2. The second-order valence-electron chi connectivity index (χ2n) is 9.83. The minimum atomic E-state index is -0.318. The molecule has 2 aromatic carbocycles. The van der Waals surface area contributed by atoms with Gasteiger partial charge in [0.05, 0.1) is 11.0 Å². The molecule has 7 nitrogen and oxygen atoms in total. The maximum absolute atomic E-state index is 12.3. The van der Waals surface area contributed by atoms with Crippen LogP contribution in [0.5, 0.6) is 0 Å². The molecule has 4 aromatic rings. The van der Waals surface area contributed by atoms with Gasteiger partial charge >= 0.3 is 0 Å². The van der Waals surface area contributed by atoms with Crippen LogP contribution in [-0.2, 0) is 29.0 Å². The number of imidazole rings is 1. The Morgan fingerprint density at radius 2 is 1.68 bits per heavy atom. The van der Waals surface area contributed by atoms with Crippen LogP contribution >= 0.6 is 0 Å². The number of unbranched alkanes of at least 4 members (excludes halogenated alkanes) is 1. The molecule has 194 valence electrons. The number of fused-ring (bicyclic) bond motifs is 3. The summed E-state index contributed by atoms with van der Waals surface area (Å²) >= 11 is 0. The molecule has 37 heavy (non-hydrogen) atoms. The fraction of sp³-hybridized carbons (Fsp3) is 0.400. The molecule has 1 atom stereocenters. The molecule has 0 saturated heterocycles. The fourth-order valence-corrected chi connectivity index (χ4v) is 4.89. The van der Waals surface area contributed by atoms with E-state index in [1.54, 1.807) is 0 Å². The number of nitrogens with zero attached hydrogens (tertiary/aromatic N) is 3. The summed E-state index contributed by atoms with van der Waals surface area (Å²) in [7, 11) is 0. The quantitative estimate of drug-likeness (QED) is 0.257. The topological polar surface area (TPSA) is 117 Å². The standard InChI is InChI=1S/C30H37N5O2/c1-3-5-10-26-34-27-28(24-8-6-7-9-25(24)33-29(27)31)35(26)19-21-13-11-20(12-14-21)15-17-23(36)18-16-22(4-2)30(32)37/h6-9,11-14,22H,3-5,10,15-19H2,1-2H3,(H2,31,33)(H2,32,37)/t22-/m0/s1. The number of nitrogens with two attached hydrogens (primary N) is 2. The molecule has 0 aliphatic carbocycles. The molecule has 2 heterocycles. The van der Waals surface area contributed by atoms with E-state index in [0.717, 1.165) is 52.6 Å².